The van der Waals surface area contributed by atoms with E-state index < -0.39 is 0 Å². The highest BCUT2D eigenvalue weighted by atomic mass is 79.9. The number of ether oxygens (including phenoxy) is 1. The molecule has 1 heterocycles. The zero-order valence-electron chi connectivity index (χ0n) is 11.1. The number of nitrogens with one attached hydrogen (secondary N) is 1. The molecule has 5 heteroatoms. The number of H-pyrrole nitrogens is 1. The van der Waals surface area contributed by atoms with Crippen molar-refractivity contribution in [3.05, 3.63) is 38.6 Å². The van der Waals surface area contributed by atoms with Crippen LogP contribution >= 0.6 is 28.1 Å². The molecule has 100 valence electrons. The molecule has 19 heavy (non-hydrogen) atoms. The van der Waals surface area contributed by atoms with Crippen molar-refractivity contribution in [2.75, 3.05) is 7.11 Å². The zero-order valence-corrected chi connectivity index (χ0v) is 13.5. The maximum absolute atomic E-state index is 5.34. The number of hydrogen-bond donors (Lipinski definition) is 1. The molecule has 0 fully saturated rings. The largest absolute Gasteiger partial charge is 0.496 e. The molecule has 1 aromatic heterocycles. The standard InChI is InChI=1S/C14H15BrN2OS/c1-4-10-8(2)16-13(17-14(10)19)9-5-6-12(18-3)11(15)7-9/h5-7H,4H2,1-3H3,(H,16,17,19). The van der Waals surface area contributed by atoms with E-state index in [1.165, 1.54) is 0 Å². The molecule has 1 N–H and O–H groups in total. The first-order chi connectivity index (χ1) is 9.06. The van der Waals surface area contributed by atoms with E-state index >= 15 is 0 Å². The molecule has 0 unspecified atom stereocenters. The molecule has 0 saturated heterocycles. The van der Waals surface area contributed by atoms with Crippen molar-refractivity contribution in [1.29, 1.82) is 0 Å². The van der Waals surface area contributed by atoms with Crippen LogP contribution in [0.1, 0.15) is 18.2 Å². The third-order valence-electron chi connectivity index (χ3n) is 3.01. The smallest absolute Gasteiger partial charge is 0.139 e. The maximum Gasteiger partial charge on any atom is 0.139 e. The van der Waals surface area contributed by atoms with Gasteiger partial charge in [0.05, 0.1) is 11.6 Å². The fourth-order valence-corrected chi connectivity index (χ4v) is 2.91. The van der Waals surface area contributed by atoms with Gasteiger partial charge in [0.1, 0.15) is 16.2 Å². The van der Waals surface area contributed by atoms with Crippen LogP contribution in [0.25, 0.3) is 11.4 Å². The molecule has 0 saturated carbocycles. The first-order valence-corrected chi connectivity index (χ1v) is 7.20. The number of aryl methyl sites for hydroxylation is 1. The summed E-state index contributed by atoms with van der Waals surface area (Å²) in [6.07, 6.45) is 0.890. The summed E-state index contributed by atoms with van der Waals surface area (Å²) in [6, 6.07) is 5.83. The predicted octanol–water partition coefficient (Wildman–Crippen LogP) is 4.45. The molecule has 0 atom stereocenters. The lowest BCUT2D eigenvalue weighted by Gasteiger charge is -2.09. The van der Waals surface area contributed by atoms with Crippen LogP contribution in [0.15, 0.2) is 22.7 Å². The molecule has 0 bridgehead atoms. The topological polar surface area (TPSA) is 37.9 Å². The number of benzene rings is 1. The number of rotatable bonds is 3. The predicted molar refractivity (Wildman–Crippen MR) is 83.2 cm³/mol. The average molecular weight is 339 g/mol. The van der Waals surface area contributed by atoms with Crippen LogP contribution in [0.4, 0.5) is 0 Å². The van der Waals surface area contributed by atoms with E-state index in [0.29, 0.717) is 4.64 Å². The Kier molecular flexibility index (Phi) is 4.37. The van der Waals surface area contributed by atoms with Crippen LogP contribution in [0, 0.1) is 11.6 Å². The van der Waals surface area contributed by atoms with Gasteiger partial charge in [-0.15, -0.1) is 0 Å². The van der Waals surface area contributed by atoms with Crippen LogP contribution in [0.2, 0.25) is 0 Å². The van der Waals surface area contributed by atoms with Crippen LogP contribution in [-0.4, -0.2) is 17.1 Å². The van der Waals surface area contributed by atoms with Gasteiger partial charge in [-0.3, -0.25) is 0 Å². The number of halogens is 1. The van der Waals surface area contributed by atoms with Gasteiger partial charge >= 0.3 is 0 Å². The second-order valence-corrected chi connectivity index (χ2v) is 5.44. The Labute approximate surface area is 126 Å². The third kappa shape index (κ3) is 2.87. The van der Waals surface area contributed by atoms with Crippen molar-refractivity contribution in [1.82, 2.24) is 9.97 Å². The number of aromatic nitrogens is 2. The van der Waals surface area contributed by atoms with E-state index in [1.807, 2.05) is 25.1 Å². The molecular formula is C14H15BrN2OS. The first-order valence-electron chi connectivity index (χ1n) is 6.00. The van der Waals surface area contributed by atoms with Gasteiger partial charge in [0.25, 0.3) is 0 Å². The third-order valence-corrected chi connectivity index (χ3v) is 3.97. The minimum Gasteiger partial charge on any atom is -0.496 e. The van der Waals surface area contributed by atoms with Crippen LogP contribution in [-0.2, 0) is 6.42 Å². The Morgan fingerprint density at radius 1 is 1.42 bits per heavy atom. The van der Waals surface area contributed by atoms with E-state index in [0.717, 1.165) is 39.3 Å². The molecule has 0 aliphatic carbocycles. The average Bonchev–Trinajstić information content (AvgIpc) is 2.38. The lowest BCUT2D eigenvalue weighted by Crippen LogP contribution is -1.99. The monoisotopic (exact) mass is 338 g/mol. The second kappa shape index (κ2) is 5.84. The van der Waals surface area contributed by atoms with Gasteiger partial charge in [0.15, 0.2) is 0 Å². The highest BCUT2D eigenvalue weighted by Gasteiger charge is 2.08. The lowest BCUT2D eigenvalue weighted by molar-refractivity contribution is 0.412. The fraction of sp³-hybridized carbons (Fsp3) is 0.286. The highest BCUT2D eigenvalue weighted by molar-refractivity contribution is 9.10. The van der Waals surface area contributed by atoms with Crippen molar-refractivity contribution >= 4 is 28.1 Å². The van der Waals surface area contributed by atoms with Crippen LogP contribution < -0.4 is 4.74 Å². The van der Waals surface area contributed by atoms with E-state index in [1.54, 1.807) is 7.11 Å². The Morgan fingerprint density at radius 2 is 2.16 bits per heavy atom. The first kappa shape index (κ1) is 14.2. The molecule has 2 aromatic rings. The maximum atomic E-state index is 5.34. The second-order valence-electron chi connectivity index (χ2n) is 4.20. The summed E-state index contributed by atoms with van der Waals surface area (Å²) in [5, 5.41) is 0. The van der Waals surface area contributed by atoms with Gasteiger partial charge in [0.2, 0.25) is 0 Å². The molecule has 0 aliphatic heterocycles. The molecular weight excluding hydrogens is 324 g/mol. The van der Waals surface area contributed by atoms with Gasteiger partial charge in [-0.2, -0.15) is 0 Å². The molecule has 0 aliphatic rings. The van der Waals surface area contributed by atoms with Gasteiger partial charge in [-0.1, -0.05) is 19.1 Å². The minimum atomic E-state index is 0.667. The number of nitrogens with zero attached hydrogens (tertiary/aromatic N) is 1. The Morgan fingerprint density at radius 3 is 2.68 bits per heavy atom. The van der Waals surface area contributed by atoms with Crippen molar-refractivity contribution in [3.8, 4) is 17.1 Å². The van der Waals surface area contributed by atoms with E-state index in [9.17, 15) is 0 Å². The molecule has 0 spiro atoms. The Hall–Kier alpha value is -1.20. The SMILES string of the molecule is CCc1c(C)[nH]c(-c2ccc(OC)c(Br)c2)nc1=S. The number of hydrogen-bond acceptors (Lipinski definition) is 3. The summed E-state index contributed by atoms with van der Waals surface area (Å²) in [5.74, 6) is 1.58. The molecule has 2 rings (SSSR count). The Balaban J connectivity index is 2.54. The van der Waals surface area contributed by atoms with Crippen molar-refractivity contribution in [3.63, 3.8) is 0 Å². The van der Waals surface area contributed by atoms with Gasteiger partial charge in [-0.05, 0) is 47.5 Å². The summed E-state index contributed by atoms with van der Waals surface area (Å²) >= 11 is 8.82. The number of methoxy groups -OCH3 is 1. The van der Waals surface area contributed by atoms with Crippen molar-refractivity contribution < 1.29 is 4.74 Å². The summed E-state index contributed by atoms with van der Waals surface area (Å²) < 4.78 is 6.78. The highest BCUT2D eigenvalue weighted by Crippen LogP contribution is 2.29. The summed E-state index contributed by atoms with van der Waals surface area (Å²) in [6.45, 7) is 4.11. The zero-order chi connectivity index (χ0) is 14.0. The van der Waals surface area contributed by atoms with E-state index in [-0.39, 0.29) is 0 Å². The van der Waals surface area contributed by atoms with Crippen molar-refractivity contribution in [2.24, 2.45) is 0 Å². The molecule has 0 radical (unpaired) electrons. The quantitative estimate of drug-likeness (QED) is 0.840. The lowest BCUT2D eigenvalue weighted by atomic mass is 10.1. The normalized spacial score (nSPS) is 10.5. The van der Waals surface area contributed by atoms with Gasteiger partial charge in [-0.25, -0.2) is 4.98 Å². The fourth-order valence-electron chi connectivity index (χ4n) is 1.98. The van der Waals surface area contributed by atoms with Crippen LogP contribution in [0.3, 0.4) is 0 Å². The van der Waals surface area contributed by atoms with E-state index in [2.05, 4.69) is 32.8 Å². The van der Waals surface area contributed by atoms with E-state index in [4.69, 9.17) is 17.0 Å². The molecule has 0 amide bonds. The summed E-state index contributed by atoms with van der Waals surface area (Å²) in [5.41, 5.74) is 3.15. The summed E-state index contributed by atoms with van der Waals surface area (Å²) in [7, 11) is 1.64. The van der Waals surface area contributed by atoms with Gasteiger partial charge in [0, 0.05) is 16.8 Å². The summed E-state index contributed by atoms with van der Waals surface area (Å²) in [4.78, 5) is 7.78. The van der Waals surface area contributed by atoms with Crippen LogP contribution in [0.5, 0.6) is 5.75 Å². The van der Waals surface area contributed by atoms with Crippen molar-refractivity contribution in [2.45, 2.75) is 20.3 Å². The minimum absolute atomic E-state index is 0.667. The van der Waals surface area contributed by atoms with Gasteiger partial charge < -0.3 is 9.72 Å². The molecule has 3 nitrogen and oxygen atoms in total. The Bertz CT molecular complexity index is 667. The molecule has 1 aromatic carbocycles. The number of aromatic amines is 1.